The largest absolute Gasteiger partial charge is 0.313 e. The smallest absolute Gasteiger partial charge is 0.145 e. The lowest BCUT2D eigenvalue weighted by molar-refractivity contribution is 0.557. The molecule has 0 saturated carbocycles. The van der Waals surface area contributed by atoms with Crippen molar-refractivity contribution in [2.45, 2.75) is 12.5 Å². The first-order valence-corrected chi connectivity index (χ1v) is 6.96. The Bertz CT molecular complexity index is 771. The molecule has 2 aromatic heterocycles. The van der Waals surface area contributed by atoms with Crippen LogP contribution >= 0.6 is 11.6 Å². The topological polar surface area (TPSA) is 42.2 Å². The molecule has 1 atom stereocenters. The van der Waals surface area contributed by atoms with Crippen molar-refractivity contribution in [3.63, 3.8) is 0 Å². The van der Waals surface area contributed by atoms with Crippen molar-refractivity contribution < 1.29 is 4.39 Å². The number of benzene rings is 1. The molecule has 0 amide bonds. The Morgan fingerprint density at radius 2 is 2.24 bits per heavy atom. The molecule has 1 unspecified atom stereocenters. The van der Waals surface area contributed by atoms with E-state index >= 15 is 0 Å². The fraction of sp³-hybridized carbons (Fsp3) is 0.200. The van der Waals surface area contributed by atoms with Crippen molar-refractivity contribution in [2.75, 3.05) is 7.05 Å². The van der Waals surface area contributed by atoms with Crippen LogP contribution in [0.1, 0.15) is 17.2 Å². The summed E-state index contributed by atoms with van der Waals surface area (Å²) in [6, 6.07) is 4.98. The van der Waals surface area contributed by atoms with Crippen LogP contribution in [0.5, 0.6) is 0 Å². The number of likely N-dealkylation sites (N-methyl/N-ethyl adjacent to an activating group) is 1. The lowest BCUT2D eigenvalue weighted by atomic mass is 10.00. The zero-order chi connectivity index (χ0) is 14.8. The molecule has 108 valence electrons. The molecule has 0 aliphatic rings. The number of fused-ring (bicyclic) bond motifs is 1. The van der Waals surface area contributed by atoms with Gasteiger partial charge in [-0.05, 0) is 25.1 Å². The number of halogens is 2. The summed E-state index contributed by atoms with van der Waals surface area (Å²) in [4.78, 5) is 4.12. The maximum Gasteiger partial charge on any atom is 0.145 e. The predicted molar refractivity (Wildman–Crippen MR) is 79.9 cm³/mol. The third-order valence-electron chi connectivity index (χ3n) is 3.53. The fourth-order valence-corrected chi connectivity index (χ4v) is 2.61. The van der Waals surface area contributed by atoms with Crippen LogP contribution in [-0.4, -0.2) is 21.6 Å². The predicted octanol–water partition coefficient (Wildman–Crippen LogP) is 3.03. The van der Waals surface area contributed by atoms with Gasteiger partial charge < -0.3 is 5.32 Å². The van der Waals surface area contributed by atoms with Crippen LogP contribution in [0.3, 0.4) is 0 Å². The van der Waals surface area contributed by atoms with Gasteiger partial charge in [0.25, 0.3) is 0 Å². The van der Waals surface area contributed by atoms with Crippen LogP contribution in [0, 0.1) is 5.82 Å². The minimum Gasteiger partial charge on any atom is -0.313 e. The van der Waals surface area contributed by atoms with Crippen molar-refractivity contribution in [3.05, 3.63) is 65.0 Å². The van der Waals surface area contributed by atoms with Gasteiger partial charge in [0.05, 0.1) is 22.9 Å². The van der Waals surface area contributed by atoms with Gasteiger partial charge in [-0.2, -0.15) is 5.10 Å². The van der Waals surface area contributed by atoms with Crippen molar-refractivity contribution in [2.24, 2.45) is 0 Å². The average Bonchev–Trinajstić information content (AvgIpc) is 2.93. The van der Waals surface area contributed by atoms with Gasteiger partial charge in [0.2, 0.25) is 0 Å². The SMILES string of the molecule is CNC(Cc1cccc(Cl)c1F)c1cnn2ccncc12. The summed E-state index contributed by atoms with van der Waals surface area (Å²) in [5, 5.41) is 7.63. The van der Waals surface area contributed by atoms with E-state index < -0.39 is 0 Å². The second kappa shape index (κ2) is 5.79. The molecular weight excluding hydrogens is 291 g/mol. The molecule has 0 aliphatic heterocycles. The van der Waals surface area contributed by atoms with Gasteiger partial charge >= 0.3 is 0 Å². The molecule has 1 N–H and O–H groups in total. The van der Waals surface area contributed by atoms with Crippen LogP contribution < -0.4 is 5.32 Å². The normalized spacial score (nSPS) is 12.7. The summed E-state index contributed by atoms with van der Waals surface area (Å²) in [6.07, 6.45) is 7.47. The molecule has 0 fully saturated rings. The van der Waals surface area contributed by atoms with Gasteiger partial charge in [-0.15, -0.1) is 0 Å². The van der Waals surface area contributed by atoms with Crippen molar-refractivity contribution in [1.29, 1.82) is 0 Å². The van der Waals surface area contributed by atoms with Crippen LogP contribution in [-0.2, 0) is 6.42 Å². The third-order valence-corrected chi connectivity index (χ3v) is 3.83. The molecule has 0 bridgehead atoms. The maximum atomic E-state index is 14.1. The average molecular weight is 305 g/mol. The van der Waals surface area contributed by atoms with Gasteiger partial charge in [0.1, 0.15) is 5.82 Å². The molecule has 6 heteroatoms. The van der Waals surface area contributed by atoms with Crippen molar-refractivity contribution in [3.8, 4) is 0 Å². The van der Waals surface area contributed by atoms with Gasteiger partial charge in [-0.3, -0.25) is 4.98 Å². The van der Waals surface area contributed by atoms with Gasteiger partial charge in [0.15, 0.2) is 0 Å². The number of nitrogens with zero attached hydrogens (tertiary/aromatic N) is 3. The summed E-state index contributed by atoms with van der Waals surface area (Å²) in [5.41, 5.74) is 2.45. The monoisotopic (exact) mass is 304 g/mol. The highest BCUT2D eigenvalue weighted by Crippen LogP contribution is 2.25. The first-order chi connectivity index (χ1) is 10.2. The minimum atomic E-state index is -0.367. The lowest BCUT2D eigenvalue weighted by Gasteiger charge is -2.16. The van der Waals surface area contributed by atoms with Crippen molar-refractivity contribution >= 4 is 17.1 Å². The van der Waals surface area contributed by atoms with E-state index in [4.69, 9.17) is 11.6 Å². The van der Waals surface area contributed by atoms with Crippen LogP contribution in [0.4, 0.5) is 4.39 Å². The quantitative estimate of drug-likeness (QED) is 0.805. The fourth-order valence-electron chi connectivity index (χ4n) is 2.41. The Labute approximate surface area is 126 Å². The number of aromatic nitrogens is 3. The van der Waals surface area contributed by atoms with E-state index in [0.717, 1.165) is 11.1 Å². The minimum absolute atomic E-state index is 0.0698. The molecule has 0 saturated heterocycles. The molecule has 2 heterocycles. The number of rotatable bonds is 4. The molecule has 0 spiro atoms. The lowest BCUT2D eigenvalue weighted by Crippen LogP contribution is -2.19. The Balaban J connectivity index is 1.97. The number of hydrogen-bond acceptors (Lipinski definition) is 3. The van der Waals surface area contributed by atoms with E-state index in [1.807, 2.05) is 7.05 Å². The Morgan fingerprint density at radius 1 is 1.38 bits per heavy atom. The van der Waals surface area contributed by atoms with Crippen LogP contribution in [0.25, 0.3) is 5.52 Å². The first-order valence-electron chi connectivity index (χ1n) is 6.58. The Morgan fingerprint density at radius 3 is 3.05 bits per heavy atom. The molecule has 1 aromatic carbocycles. The number of nitrogens with one attached hydrogen (secondary N) is 1. The highest BCUT2D eigenvalue weighted by atomic mass is 35.5. The van der Waals surface area contributed by atoms with E-state index in [2.05, 4.69) is 15.4 Å². The van der Waals surface area contributed by atoms with E-state index in [9.17, 15) is 4.39 Å². The van der Waals surface area contributed by atoms with E-state index in [1.54, 1.807) is 47.5 Å². The highest BCUT2D eigenvalue weighted by Gasteiger charge is 2.18. The Hall–Kier alpha value is -1.98. The molecule has 3 rings (SSSR count). The summed E-state index contributed by atoms with van der Waals surface area (Å²) >= 11 is 5.84. The molecule has 21 heavy (non-hydrogen) atoms. The number of hydrogen-bond donors (Lipinski definition) is 1. The maximum absolute atomic E-state index is 14.1. The summed E-state index contributed by atoms with van der Waals surface area (Å²) < 4.78 is 15.8. The van der Waals surface area contributed by atoms with Crippen LogP contribution in [0.15, 0.2) is 43.0 Å². The first kappa shape index (κ1) is 14.0. The standard InChI is InChI=1S/C15H14ClFN4/c1-18-13(7-10-3-2-4-12(16)15(10)17)11-8-20-21-6-5-19-9-14(11)21/h2-6,8-9,13,18H,7H2,1H3. The van der Waals surface area contributed by atoms with Gasteiger partial charge in [0, 0.05) is 24.0 Å². The van der Waals surface area contributed by atoms with E-state index in [0.29, 0.717) is 12.0 Å². The van der Waals surface area contributed by atoms with E-state index in [-0.39, 0.29) is 16.9 Å². The second-order valence-corrected chi connectivity index (χ2v) is 5.17. The zero-order valence-electron chi connectivity index (χ0n) is 11.4. The summed E-state index contributed by atoms with van der Waals surface area (Å²) in [5.74, 6) is -0.367. The highest BCUT2D eigenvalue weighted by molar-refractivity contribution is 6.30. The van der Waals surface area contributed by atoms with Crippen molar-refractivity contribution in [1.82, 2.24) is 19.9 Å². The van der Waals surface area contributed by atoms with Crippen LogP contribution in [0.2, 0.25) is 5.02 Å². The zero-order valence-corrected chi connectivity index (χ0v) is 12.2. The molecular formula is C15H14ClFN4. The van der Waals surface area contributed by atoms with E-state index in [1.165, 1.54) is 0 Å². The third kappa shape index (κ3) is 2.62. The summed E-state index contributed by atoms with van der Waals surface area (Å²) in [6.45, 7) is 0. The van der Waals surface area contributed by atoms with Gasteiger partial charge in [-0.25, -0.2) is 8.91 Å². The van der Waals surface area contributed by atoms with Gasteiger partial charge in [-0.1, -0.05) is 23.7 Å². The molecule has 3 aromatic rings. The molecule has 0 radical (unpaired) electrons. The molecule has 4 nitrogen and oxygen atoms in total. The molecule has 0 aliphatic carbocycles. The summed E-state index contributed by atoms with van der Waals surface area (Å²) in [7, 11) is 1.84. The Kier molecular flexibility index (Phi) is 3.86. The second-order valence-electron chi connectivity index (χ2n) is 4.76.